The Hall–Kier alpha value is -0.770. The number of hydrogen-bond acceptors (Lipinski definition) is 3. The van der Waals surface area contributed by atoms with E-state index in [2.05, 4.69) is 5.10 Å². The SMILES string of the molecule is CC.CC(C)N(N)/N=C\N. The fourth-order valence-electron chi connectivity index (χ4n) is 0.210. The minimum atomic E-state index is 0.204. The van der Waals surface area contributed by atoms with Gasteiger partial charge < -0.3 is 5.73 Å². The van der Waals surface area contributed by atoms with Crippen LogP contribution in [0.4, 0.5) is 0 Å². The van der Waals surface area contributed by atoms with Crippen LogP contribution in [0.3, 0.4) is 0 Å². The van der Waals surface area contributed by atoms with Crippen molar-refractivity contribution in [2.75, 3.05) is 0 Å². The molecule has 10 heavy (non-hydrogen) atoms. The second-order valence-corrected chi connectivity index (χ2v) is 1.74. The van der Waals surface area contributed by atoms with Crippen molar-refractivity contribution in [1.82, 2.24) is 5.12 Å². The van der Waals surface area contributed by atoms with Crippen LogP contribution in [0.2, 0.25) is 0 Å². The summed E-state index contributed by atoms with van der Waals surface area (Å²) in [6.45, 7) is 7.85. The molecule has 0 bridgehead atoms. The van der Waals surface area contributed by atoms with Gasteiger partial charge in [0.15, 0.2) is 0 Å². The molecule has 0 fully saturated rings. The molecule has 0 aliphatic carbocycles. The van der Waals surface area contributed by atoms with Crippen molar-refractivity contribution in [3.63, 3.8) is 0 Å². The van der Waals surface area contributed by atoms with Crippen molar-refractivity contribution < 1.29 is 0 Å². The number of hydrazone groups is 1. The van der Waals surface area contributed by atoms with E-state index in [1.54, 1.807) is 0 Å². The topological polar surface area (TPSA) is 67.6 Å². The molecule has 0 spiro atoms. The minimum absolute atomic E-state index is 0.204. The summed E-state index contributed by atoms with van der Waals surface area (Å²) in [6.07, 6.45) is 1.17. The van der Waals surface area contributed by atoms with Crippen LogP contribution >= 0.6 is 0 Å². The average molecular weight is 146 g/mol. The molecule has 0 rings (SSSR count). The highest BCUT2D eigenvalue weighted by molar-refractivity contribution is 5.50. The third-order valence-electron chi connectivity index (χ3n) is 0.729. The van der Waals surface area contributed by atoms with Gasteiger partial charge in [0.25, 0.3) is 0 Å². The first kappa shape index (κ1) is 12.0. The van der Waals surface area contributed by atoms with E-state index in [9.17, 15) is 0 Å². The van der Waals surface area contributed by atoms with Crippen LogP contribution in [-0.2, 0) is 0 Å². The molecule has 0 radical (unpaired) electrons. The summed E-state index contributed by atoms with van der Waals surface area (Å²) in [4.78, 5) is 0. The maximum Gasteiger partial charge on any atom is 0.107 e. The van der Waals surface area contributed by atoms with Gasteiger partial charge in [-0.05, 0) is 13.8 Å². The van der Waals surface area contributed by atoms with Crippen LogP contribution in [0.5, 0.6) is 0 Å². The van der Waals surface area contributed by atoms with Gasteiger partial charge in [-0.15, -0.1) is 0 Å². The monoisotopic (exact) mass is 146 g/mol. The number of nitrogens with zero attached hydrogens (tertiary/aromatic N) is 2. The van der Waals surface area contributed by atoms with Crippen LogP contribution in [0.1, 0.15) is 27.7 Å². The van der Waals surface area contributed by atoms with Crippen molar-refractivity contribution >= 4 is 6.34 Å². The highest BCUT2D eigenvalue weighted by Gasteiger charge is 1.95. The number of hydrazine groups is 1. The van der Waals surface area contributed by atoms with Crippen molar-refractivity contribution in [3.05, 3.63) is 0 Å². The van der Waals surface area contributed by atoms with Crippen LogP contribution in [0.25, 0.3) is 0 Å². The molecule has 0 heterocycles. The molecule has 0 saturated heterocycles. The lowest BCUT2D eigenvalue weighted by Gasteiger charge is -2.14. The lowest BCUT2D eigenvalue weighted by Crippen LogP contribution is -2.32. The number of hydrogen-bond donors (Lipinski definition) is 2. The smallest absolute Gasteiger partial charge is 0.107 e. The van der Waals surface area contributed by atoms with E-state index in [4.69, 9.17) is 11.6 Å². The Morgan fingerprint density at radius 3 is 1.90 bits per heavy atom. The van der Waals surface area contributed by atoms with Gasteiger partial charge in [-0.2, -0.15) is 5.10 Å². The fraction of sp³-hybridized carbons (Fsp3) is 0.833. The van der Waals surface area contributed by atoms with E-state index in [0.29, 0.717) is 0 Å². The van der Waals surface area contributed by atoms with Gasteiger partial charge in [0.1, 0.15) is 6.34 Å². The van der Waals surface area contributed by atoms with Crippen molar-refractivity contribution in [3.8, 4) is 0 Å². The molecule has 0 amide bonds. The summed E-state index contributed by atoms with van der Waals surface area (Å²) in [5, 5.41) is 4.88. The summed E-state index contributed by atoms with van der Waals surface area (Å²) < 4.78 is 0. The Balaban J connectivity index is 0. The Labute approximate surface area is 62.8 Å². The molecule has 0 unspecified atom stereocenters. The van der Waals surface area contributed by atoms with Crippen LogP contribution in [-0.4, -0.2) is 17.5 Å². The third-order valence-corrected chi connectivity index (χ3v) is 0.729. The second kappa shape index (κ2) is 8.23. The molecule has 4 heteroatoms. The minimum Gasteiger partial charge on any atom is -0.388 e. The predicted molar refractivity (Wildman–Crippen MR) is 45.2 cm³/mol. The maximum absolute atomic E-state index is 5.28. The molecule has 0 aromatic rings. The van der Waals surface area contributed by atoms with Gasteiger partial charge in [0.05, 0.1) is 6.04 Å². The summed E-state index contributed by atoms with van der Waals surface area (Å²) in [5.74, 6) is 5.28. The Morgan fingerprint density at radius 2 is 1.80 bits per heavy atom. The first-order chi connectivity index (χ1) is 4.68. The van der Waals surface area contributed by atoms with Gasteiger partial charge in [-0.1, -0.05) is 13.8 Å². The molecule has 0 aromatic heterocycles. The maximum atomic E-state index is 5.28. The molecular formula is C6H18N4. The summed E-state index contributed by atoms with van der Waals surface area (Å²) in [5.41, 5.74) is 4.95. The van der Waals surface area contributed by atoms with E-state index < -0.39 is 0 Å². The molecule has 0 aromatic carbocycles. The van der Waals surface area contributed by atoms with Gasteiger partial charge in [0, 0.05) is 0 Å². The lowest BCUT2D eigenvalue weighted by atomic mass is 10.4. The van der Waals surface area contributed by atoms with Crippen LogP contribution in [0.15, 0.2) is 5.10 Å². The van der Waals surface area contributed by atoms with Gasteiger partial charge >= 0.3 is 0 Å². The van der Waals surface area contributed by atoms with Gasteiger partial charge in [0.2, 0.25) is 0 Å². The predicted octanol–water partition coefficient (Wildman–Crippen LogP) is 0.499. The lowest BCUT2D eigenvalue weighted by molar-refractivity contribution is 0.241. The molecular weight excluding hydrogens is 128 g/mol. The van der Waals surface area contributed by atoms with Crippen molar-refractivity contribution in [2.24, 2.45) is 16.7 Å². The molecule has 0 aliphatic rings. The highest BCUT2D eigenvalue weighted by Crippen LogP contribution is 1.86. The molecule has 0 saturated carbocycles. The second-order valence-electron chi connectivity index (χ2n) is 1.74. The number of rotatable bonds is 2. The van der Waals surface area contributed by atoms with Gasteiger partial charge in [-0.25, -0.2) is 11.0 Å². The zero-order valence-corrected chi connectivity index (χ0v) is 7.20. The quantitative estimate of drug-likeness (QED) is 0.258. The molecule has 4 N–H and O–H groups in total. The standard InChI is InChI=1S/C4H12N4.C2H6/c1-4(2)8(6)7-3-5;1-2/h3-4H,6H2,1-2H3,(H2,5,7);1-2H3. The van der Waals surface area contributed by atoms with E-state index in [-0.39, 0.29) is 6.04 Å². The first-order valence-corrected chi connectivity index (χ1v) is 3.46. The summed E-state index contributed by atoms with van der Waals surface area (Å²) in [7, 11) is 0. The average Bonchev–Trinajstić information content (AvgIpc) is 1.93. The first-order valence-electron chi connectivity index (χ1n) is 3.46. The van der Waals surface area contributed by atoms with Crippen LogP contribution < -0.4 is 11.6 Å². The van der Waals surface area contributed by atoms with Crippen molar-refractivity contribution in [1.29, 1.82) is 0 Å². The fourth-order valence-corrected chi connectivity index (χ4v) is 0.210. The molecule has 0 aliphatic heterocycles. The van der Waals surface area contributed by atoms with E-state index in [1.807, 2.05) is 27.7 Å². The Bertz CT molecular complexity index is 79.8. The largest absolute Gasteiger partial charge is 0.388 e. The summed E-state index contributed by atoms with van der Waals surface area (Å²) >= 11 is 0. The zero-order chi connectivity index (χ0) is 8.57. The van der Waals surface area contributed by atoms with E-state index in [1.165, 1.54) is 11.5 Å². The highest BCUT2D eigenvalue weighted by atomic mass is 15.6. The van der Waals surface area contributed by atoms with Crippen molar-refractivity contribution in [2.45, 2.75) is 33.7 Å². The Morgan fingerprint density at radius 1 is 1.40 bits per heavy atom. The summed E-state index contributed by atoms with van der Waals surface area (Å²) in [6, 6.07) is 0.204. The Kier molecular flexibility index (Phi) is 9.84. The van der Waals surface area contributed by atoms with E-state index in [0.717, 1.165) is 0 Å². The number of nitrogens with two attached hydrogens (primary N) is 2. The molecule has 62 valence electrons. The molecule has 0 atom stereocenters. The zero-order valence-electron chi connectivity index (χ0n) is 7.20. The van der Waals surface area contributed by atoms with Gasteiger partial charge in [-0.3, -0.25) is 0 Å². The van der Waals surface area contributed by atoms with Crippen LogP contribution in [0, 0.1) is 0 Å². The normalized spacial score (nSPS) is 9.40. The molecule has 4 nitrogen and oxygen atoms in total. The van der Waals surface area contributed by atoms with E-state index >= 15 is 0 Å². The third kappa shape index (κ3) is 7.23.